The van der Waals surface area contributed by atoms with Crippen LogP contribution < -0.4 is 4.90 Å². The van der Waals surface area contributed by atoms with E-state index in [-0.39, 0.29) is 5.82 Å². The van der Waals surface area contributed by atoms with Crippen molar-refractivity contribution in [3.63, 3.8) is 0 Å². The van der Waals surface area contributed by atoms with Crippen LogP contribution in [-0.4, -0.2) is 11.5 Å². The highest BCUT2D eigenvalue weighted by Crippen LogP contribution is 2.25. The second-order valence-electron chi connectivity index (χ2n) is 4.75. The van der Waals surface area contributed by atoms with Crippen molar-refractivity contribution in [1.29, 1.82) is 0 Å². The number of aromatic nitrogens is 1. The molecular weight excluding hydrogens is 263 g/mol. The van der Waals surface area contributed by atoms with Crippen LogP contribution >= 0.6 is 11.6 Å². The summed E-state index contributed by atoms with van der Waals surface area (Å²) in [5.74, 6) is 0.0352. The molecule has 0 aliphatic carbocycles. The lowest BCUT2D eigenvalue weighted by atomic mass is 10.0. The molecule has 2 heterocycles. The molecule has 0 atom stereocenters. The van der Waals surface area contributed by atoms with E-state index in [4.69, 9.17) is 11.6 Å². The quantitative estimate of drug-likeness (QED) is 0.787. The molecule has 0 bridgehead atoms. The largest absolute Gasteiger partial charge is 0.350 e. The standard InChI is InChI=1S/C15H14ClFN2/c16-13-8-14(17)15(18-9-13)19-7-3-6-11-4-1-2-5-12(11)10-19/h1-2,4-5,8-9H,3,6-7,10H2. The summed E-state index contributed by atoms with van der Waals surface area (Å²) in [6.45, 7) is 1.50. The highest BCUT2D eigenvalue weighted by Gasteiger charge is 2.18. The van der Waals surface area contributed by atoms with Gasteiger partial charge >= 0.3 is 0 Å². The molecule has 19 heavy (non-hydrogen) atoms. The van der Waals surface area contributed by atoms with Gasteiger partial charge < -0.3 is 4.90 Å². The van der Waals surface area contributed by atoms with E-state index in [1.165, 1.54) is 23.4 Å². The number of aryl methyl sites for hydroxylation is 1. The zero-order valence-electron chi connectivity index (χ0n) is 10.4. The van der Waals surface area contributed by atoms with Crippen molar-refractivity contribution in [1.82, 2.24) is 4.98 Å². The summed E-state index contributed by atoms with van der Waals surface area (Å²) < 4.78 is 14.0. The molecule has 4 heteroatoms. The molecule has 1 aromatic carbocycles. The highest BCUT2D eigenvalue weighted by atomic mass is 35.5. The molecule has 0 spiro atoms. The zero-order chi connectivity index (χ0) is 13.2. The molecular formula is C15H14ClFN2. The Balaban J connectivity index is 1.94. The normalized spacial score (nSPS) is 14.9. The molecule has 0 unspecified atom stereocenters. The summed E-state index contributed by atoms with van der Waals surface area (Å²) in [5, 5.41) is 0.330. The van der Waals surface area contributed by atoms with Gasteiger partial charge in [-0.1, -0.05) is 35.9 Å². The third-order valence-corrected chi connectivity index (χ3v) is 3.65. The van der Waals surface area contributed by atoms with Gasteiger partial charge in [0.1, 0.15) is 0 Å². The topological polar surface area (TPSA) is 16.1 Å². The lowest BCUT2D eigenvalue weighted by molar-refractivity contribution is 0.606. The first-order valence-electron chi connectivity index (χ1n) is 6.37. The number of benzene rings is 1. The van der Waals surface area contributed by atoms with Gasteiger partial charge in [0.25, 0.3) is 0 Å². The van der Waals surface area contributed by atoms with Crippen molar-refractivity contribution in [2.45, 2.75) is 19.4 Å². The lowest BCUT2D eigenvalue weighted by Crippen LogP contribution is -2.24. The Morgan fingerprint density at radius 2 is 2.00 bits per heavy atom. The summed E-state index contributed by atoms with van der Waals surface area (Å²) in [6, 6.07) is 9.64. The molecule has 98 valence electrons. The van der Waals surface area contributed by atoms with E-state index < -0.39 is 0 Å². The van der Waals surface area contributed by atoms with E-state index in [1.54, 1.807) is 0 Å². The molecule has 0 radical (unpaired) electrons. The van der Waals surface area contributed by atoms with Gasteiger partial charge in [-0.3, -0.25) is 0 Å². The second-order valence-corrected chi connectivity index (χ2v) is 5.19. The van der Waals surface area contributed by atoms with Crippen LogP contribution in [0, 0.1) is 5.82 Å². The van der Waals surface area contributed by atoms with Crippen LogP contribution in [0.1, 0.15) is 17.5 Å². The molecule has 0 amide bonds. The molecule has 2 aromatic rings. The Kier molecular flexibility index (Phi) is 3.38. The van der Waals surface area contributed by atoms with Gasteiger partial charge in [-0.25, -0.2) is 9.37 Å². The van der Waals surface area contributed by atoms with Crippen molar-refractivity contribution in [3.05, 3.63) is 58.5 Å². The molecule has 0 saturated carbocycles. The number of anilines is 1. The van der Waals surface area contributed by atoms with E-state index in [9.17, 15) is 4.39 Å². The van der Waals surface area contributed by atoms with E-state index in [2.05, 4.69) is 23.2 Å². The van der Waals surface area contributed by atoms with Crippen LogP contribution in [0.3, 0.4) is 0 Å². The van der Waals surface area contributed by atoms with Gasteiger partial charge in [0, 0.05) is 19.3 Å². The molecule has 1 aliphatic heterocycles. The minimum absolute atomic E-state index is 0.330. The van der Waals surface area contributed by atoms with Crippen molar-refractivity contribution in [2.75, 3.05) is 11.4 Å². The van der Waals surface area contributed by atoms with Gasteiger partial charge in [0.15, 0.2) is 11.6 Å². The Bertz CT molecular complexity index is 600. The summed E-state index contributed by atoms with van der Waals surface area (Å²) >= 11 is 5.75. The fourth-order valence-corrected chi connectivity index (χ4v) is 2.67. The van der Waals surface area contributed by atoms with Crippen molar-refractivity contribution in [3.8, 4) is 0 Å². The minimum atomic E-state index is -0.355. The average Bonchev–Trinajstić information content (AvgIpc) is 2.60. The zero-order valence-corrected chi connectivity index (χ0v) is 11.2. The molecule has 0 N–H and O–H groups in total. The number of halogens is 2. The maximum absolute atomic E-state index is 14.0. The van der Waals surface area contributed by atoms with Gasteiger partial charge in [0.05, 0.1) is 5.02 Å². The Hall–Kier alpha value is -1.61. The number of nitrogens with zero attached hydrogens (tertiary/aromatic N) is 2. The van der Waals surface area contributed by atoms with Crippen molar-refractivity contribution < 1.29 is 4.39 Å². The third-order valence-electron chi connectivity index (χ3n) is 3.44. The Labute approximate surface area is 116 Å². The monoisotopic (exact) mass is 276 g/mol. The first-order valence-corrected chi connectivity index (χ1v) is 6.74. The summed E-state index contributed by atoms with van der Waals surface area (Å²) in [6.07, 6.45) is 3.53. The van der Waals surface area contributed by atoms with E-state index in [0.717, 1.165) is 19.4 Å². The van der Waals surface area contributed by atoms with E-state index >= 15 is 0 Å². The lowest BCUT2D eigenvalue weighted by Gasteiger charge is -2.22. The molecule has 0 fully saturated rings. The average molecular weight is 277 g/mol. The number of pyridine rings is 1. The van der Waals surface area contributed by atoms with Crippen molar-refractivity contribution in [2.24, 2.45) is 0 Å². The van der Waals surface area contributed by atoms with Crippen LogP contribution in [0.25, 0.3) is 0 Å². The highest BCUT2D eigenvalue weighted by molar-refractivity contribution is 6.30. The van der Waals surface area contributed by atoms with Gasteiger partial charge in [-0.05, 0) is 30.0 Å². The third kappa shape index (κ3) is 2.56. The van der Waals surface area contributed by atoms with Crippen LogP contribution in [-0.2, 0) is 13.0 Å². The van der Waals surface area contributed by atoms with Crippen LogP contribution in [0.5, 0.6) is 0 Å². The maximum atomic E-state index is 14.0. The van der Waals surface area contributed by atoms with Gasteiger partial charge in [-0.2, -0.15) is 0 Å². The van der Waals surface area contributed by atoms with E-state index in [1.807, 2.05) is 11.0 Å². The maximum Gasteiger partial charge on any atom is 0.167 e. The summed E-state index contributed by atoms with van der Waals surface area (Å²) in [4.78, 5) is 6.12. The van der Waals surface area contributed by atoms with Crippen LogP contribution in [0.2, 0.25) is 5.02 Å². The Morgan fingerprint density at radius 1 is 1.21 bits per heavy atom. The molecule has 0 saturated heterocycles. The minimum Gasteiger partial charge on any atom is -0.350 e. The molecule has 3 rings (SSSR count). The first-order chi connectivity index (χ1) is 9.24. The van der Waals surface area contributed by atoms with E-state index in [0.29, 0.717) is 17.4 Å². The molecule has 2 nitrogen and oxygen atoms in total. The summed E-state index contributed by atoms with van der Waals surface area (Å²) in [7, 11) is 0. The second kappa shape index (κ2) is 5.17. The predicted molar refractivity (Wildman–Crippen MR) is 75.0 cm³/mol. The Morgan fingerprint density at radius 3 is 2.79 bits per heavy atom. The molecule has 1 aliphatic rings. The predicted octanol–water partition coefficient (Wildman–Crippen LogP) is 3.83. The smallest absolute Gasteiger partial charge is 0.167 e. The van der Waals surface area contributed by atoms with Crippen LogP contribution in [0.4, 0.5) is 10.2 Å². The van der Waals surface area contributed by atoms with Gasteiger partial charge in [-0.15, -0.1) is 0 Å². The van der Waals surface area contributed by atoms with Crippen LogP contribution in [0.15, 0.2) is 36.5 Å². The number of hydrogen-bond acceptors (Lipinski definition) is 2. The SMILES string of the molecule is Fc1cc(Cl)cnc1N1CCCc2ccccc2C1. The molecule has 1 aromatic heterocycles. The van der Waals surface area contributed by atoms with Crippen molar-refractivity contribution >= 4 is 17.4 Å². The fourth-order valence-electron chi connectivity index (χ4n) is 2.52. The number of hydrogen-bond donors (Lipinski definition) is 0. The number of fused-ring (bicyclic) bond motifs is 1. The van der Waals surface area contributed by atoms with Gasteiger partial charge in [0.2, 0.25) is 0 Å². The first kappa shape index (κ1) is 12.4. The fraction of sp³-hybridized carbons (Fsp3) is 0.267. The number of rotatable bonds is 1. The summed E-state index contributed by atoms with van der Waals surface area (Å²) in [5.41, 5.74) is 2.59.